The Morgan fingerprint density at radius 3 is 2.71 bits per heavy atom. The predicted molar refractivity (Wildman–Crippen MR) is 141 cm³/mol. The Hall–Kier alpha value is -3.75. The van der Waals surface area contributed by atoms with Crippen molar-refractivity contribution in [2.45, 2.75) is 65.0 Å². The van der Waals surface area contributed by atoms with Crippen LogP contribution in [-0.2, 0) is 11.2 Å². The van der Waals surface area contributed by atoms with E-state index in [-0.39, 0.29) is 12.1 Å². The first-order chi connectivity index (χ1) is 18.3. The van der Waals surface area contributed by atoms with Gasteiger partial charge in [-0.05, 0) is 94.8 Å². The van der Waals surface area contributed by atoms with Crippen molar-refractivity contribution in [3.8, 4) is 28.6 Å². The van der Waals surface area contributed by atoms with Gasteiger partial charge in [0.15, 0.2) is 11.5 Å². The average Bonchev–Trinajstić information content (AvgIpc) is 3.56. The maximum atomic E-state index is 12.6. The van der Waals surface area contributed by atoms with Gasteiger partial charge < -0.3 is 23.5 Å². The number of fused-ring (bicyclic) bond motifs is 1. The van der Waals surface area contributed by atoms with Gasteiger partial charge in [-0.3, -0.25) is 4.90 Å². The van der Waals surface area contributed by atoms with Gasteiger partial charge in [-0.15, -0.1) is 0 Å². The zero-order valence-corrected chi connectivity index (χ0v) is 22.5. The Bertz CT molecular complexity index is 1280. The van der Waals surface area contributed by atoms with Crippen LogP contribution in [0.15, 0.2) is 40.9 Å². The van der Waals surface area contributed by atoms with Crippen molar-refractivity contribution < 1.29 is 28.3 Å². The van der Waals surface area contributed by atoms with Crippen LogP contribution in [0.3, 0.4) is 0 Å². The molecular formula is C29H35N3O6. The van der Waals surface area contributed by atoms with Crippen LogP contribution in [0.4, 0.5) is 4.79 Å². The molecule has 1 fully saturated rings. The van der Waals surface area contributed by atoms with Gasteiger partial charge in [0.1, 0.15) is 30.6 Å². The summed E-state index contributed by atoms with van der Waals surface area (Å²) in [6.07, 6.45) is 3.04. The number of carbonyl (C=O) groups excluding carboxylic acids is 1. The Balaban J connectivity index is 1.17. The molecule has 0 spiro atoms. The molecule has 0 bridgehead atoms. The summed E-state index contributed by atoms with van der Waals surface area (Å²) in [6, 6.07) is 11.7. The number of rotatable bonds is 7. The van der Waals surface area contributed by atoms with Crippen LogP contribution in [0.25, 0.3) is 11.4 Å². The van der Waals surface area contributed by atoms with E-state index in [1.54, 1.807) is 4.90 Å². The first-order valence-corrected chi connectivity index (χ1v) is 13.2. The topological polar surface area (TPSA) is 96.2 Å². The van der Waals surface area contributed by atoms with Crippen LogP contribution in [-0.4, -0.2) is 53.1 Å². The minimum atomic E-state index is -0.559. The molecule has 1 atom stereocenters. The summed E-state index contributed by atoms with van der Waals surface area (Å²) < 4.78 is 28.4. The van der Waals surface area contributed by atoms with E-state index in [4.69, 9.17) is 23.5 Å². The minimum Gasteiger partial charge on any atom is -0.493 e. The summed E-state index contributed by atoms with van der Waals surface area (Å²) in [5.41, 5.74) is 2.47. The Morgan fingerprint density at radius 1 is 1.11 bits per heavy atom. The summed E-state index contributed by atoms with van der Waals surface area (Å²) in [5, 5.41) is 4.18. The van der Waals surface area contributed by atoms with Gasteiger partial charge in [-0.1, -0.05) is 11.2 Å². The van der Waals surface area contributed by atoms with E-state index in [0.717, 1.165) is 54.1 Å². The molecular weight excluding hydrogens is 486 g/mol. The minimum absolute atomic E-state index is 0.274. The lowest BCUT2D eigenvalue weighted by atomic mass is 10.1. The first-order valence-electron chi connectivity index (χ1n) is 13.2. The molecule has 2 aliphatic rings. The molecule has 0 radical (unpaired) electrons. The molecule has 3 heterocycles. The van der Waals surface area contributed by atoms with Gasteiger partial charge in [0.05, 0.1) is 6.61 Å². The van der Waals surface area contributed by atoms with E-state index in [2.05, 4.69) is 16.2 Å². The van der Waals surface area contributed by atoms with E-state index >= 15 is 0 Å². The molecule has 202 valence electrons. The molecule has 1 amide bonds. The second-order valence-electron chi connectivity index (χ2n) is 10.7. The maximum Gasteiger partial charge on any atom is 0.410 e. The molecule has 9 nitrogen and oxygen atoms in total. The molecule has 0 unspecified atom stereocenters. The predicted octanol–water partition coefficient (Wildman–Crippen LogP) is 5.90. The highest BCUT2D eigenvalue weighted by Crippen LogP contribution is 2.34. The van der Waals surface area contributed by atoms with E-state index in [0.29, 0.717) is 38.1 Å². The van der Waals surface area contributed by atoms with Crippen LogP contribution < -0.4 is 14.2 Å². The highest BCUT2D eigenvalue weighted by Gasteiger charge is 2.36. The van der Waals surface area contributed by atoms with E-state index in [9.17, 15) is 4.79 Å². The molecule has 2 aliphatic heterocycles. The number of hydrogen-bond donors (Lipinski definition) is 0. The van der Waals surface area contributed by atoms with Crippen LogP contribution in [0.1, 0.15) is 63.1 Å². The van der Waals surface area contributed by atoms with Crippen molar-refractivity contribution in [3.05, 3.63) is 53.4 Å². The Labute approximate surface area is 223 Å². The van der Waals surface area contributed by atoms with E-state index in [1.807, 2.05) is 58.0 Å². The summed E-state index contributed by atoms with van der Waals surface area (Å²) in [5.74, 6) is 3.37. The first kappa shape index (κ1) is 25.9. The lowest BCUT2D eigenvalue weighted by Crippen LogP contribution is -2.36. The summed E-state index contributed by atoms with van der Waals surface area (Å²) in [7, 11) is 0. The fourth-order valence-electron chi connectivity index (χ4n) is 4.70. The Kier molecular flexibility index (Phi) is 7.44. The van der Waals surface area contributed by atoms with Crippen LogP contribution >= 0.6 is 0 Å². The van der Waals surface area contributed by atoms with Gasteiger partial charge in [-0.2, -0.15) is 4.98 Å². The number of amides is 1. The number of carbonyl (C=O) groups is 1. The molecule has 0 saturated carbocycles. The highest BCUT2D eigenvalue weighted by molar-refractivity contribution is 5.69. The molecule has 1 saturated heterocycles. The van der Waals surface area contributed by atoms with Gasteiger partial charge in [0.2, 0.25) is 11.7 Å². The monoisotopic (exact) mass is 521 g/mol. The highest BCUT2D eigenvalue weighted by atomic mass is 16.6. The number of likely N-dealkylation sites (tertiary alicyclic amines) is 1. The fourth-order valence-corrected chi connectivity index (χ4v) is 4.70. The number of hydrogen-bond acceptors (Lipinski definition) is 8. The van der Waals surface area contributed by atoms with Gasteiger partial charge in [0, 0.05) is 12.1 Å². The molecule has 0 N–H and O–H groups in total. The second-order valence-corrected chi connectivity index (χ2v) is 10.7. The number of ether oxygens (including phenoxy) is 4. The maximum absolute atomic E-state index is 12.6. The van der Waals surface area contributed by atoms with Gasteiger partial charge >= 0.3 is 6.09 Å². The molecule has 0 aliphatic carbocycles. The SMILES string of the molecule is Cc1cc(-c2noc([C@@H]3CCCN3C(=O)OC(C)(C)C)n2)ccc1OCCCc1ccc2c(c1)OCCO2. The van der Waals surface area contributed by atoms with Crippen LogP contribution in [0, 0.1) is 6.92 Å². The quantitative estimate of drug-likeness (QED) is 0.355. The van der Waals surface area contributed by atoms with Crippen molar-refractivity contribution in [3.63, 3.8) is 0 Å². The summed E-state index contributed by atoms with van der Waals surface area (Å²) in [4.78, 5) is 18.9. The molecule has 1 aromatic heterocycles. The van der Waals surface area contributed by atoms with Crippen molar-refractivity contribution in [2.75, 3.05) is 26.4 Å². The third-order valence-electron chi connectivity index (χ3n) is 6.51. The van der Waals surface area contributed by atoms with Crippen molar-refractivity contribution in [1.29, 1.82) is 0 Å². The molecule has 2 aromatic carbocycles. The van der Waals surface area contributed by atoms with Gasteiger partial charge in [0.25, 0.3) is 0 Å². The van der Waals surface area contributed by atoms with Crippen LogP contribution in [0.2, 0.25) is 0 Å². The Morgan fingerprint density at radius 2 is 1.92 bits per heavy atom. The third kappa shape index (κ3) is 6.03. The third-order valence-corrected chi connectivity index (χ3v) is 6.51. The second kappa shape index (κ2) is 10.9. The normalized spacial score (nSPS) is 16.9. The lowest BCUT2D eigenvalue weighted by molar-refractivity contribution is 0.0199. The zero-order valence-electron chi connectivity index (χ0n) is 22.5. The summed E-state index contributed by atoms with van der Waals surface area (Å²) >= 11 is 0. The van der Waals surface area contributed by atoms with Crippen molar-refractivity contribution in [2.24, 2.45) is 0 Å². The standard InChI is InChI=1S/C29H35N3O6/c1-19-17-21(26-30-27(38-31-26)22-8-5-13-32(22)28(33)37-29(2,3)4)10-12-23(19)34-14-6-7-20-9-11-24-25(18-20)36-16-15-35-24/h9-12,17-18,22H,5-8,13-16H2,1-4H3/t22-/m0/s1. The van der Waals surface area contributed by atoms with Crippen LogP contribution in [0.5, 0.6) is 17.2 Å². The van der Waals surface area contributed by atoms with Gasteiger partial charge in [-0.25, -0.2) is 4.79 Å². The molecule has 9 heteroatoms. The molecule has 38 heavy (non-hydrogen) atoms. The fraction of sp³-hybridized carbons (Fsp3) is 0.483. The number of aryl methyl sites for hydroxylation is 2. The molecule has 5 rings (SSSR count). The lowest BCUT2D eigenvalue weighted by Gasteiger charge is -2.26. The number of benzene rings is 2. The zero-order chi connectivity index (χ0) is 26.7. The largest absolute Gasteiger partial charge is 0.493 e. The number of aromatic nitrogens is 2. The van der Waals surface area contributed by atoms with E-state index in [1.165, 1.54) is 5.56 Å². The van der Waals surface area contributed by atoms with E-state index < -0.39 is 5.60 Å². The smallest absolute Gasteiger partial charge is 0.410 e. The average molecular weight is 522 g/mol. The summed E-state index contributed by atoms with van der Waals surface area (Å²) in [6.45, 7) is 9.97. The van der Waals surface area contributed by atoms with Crippen molar-refractivity contribution >= 4 is 6.09 Å². The number of nitrogens with zero attached hydrogens (tertiary/aromatic N) is 3. The van der Waals surface area contributed by atoms with Crippen molar-refractivity contribution in [1.82, 2.24) is 15.0 Å². The molecule has 3 aromatic rings.